The van der Waals surface area contributed by atoms with Crippen LogP contribution in [0.3, 0.4) is 0 Å². The fourth-order valence-corrected chi connectivity index (χ4v) is 3.03. The lowest BCUT2D eigenvalue weighted by Gasteiger charge is -2.22. The summed E-state index contributed by atoms with van der Waals surface area (Å²) in [5.41, 5.74) is 4.25. The van der Waals surface area contributed by atoms with Crippen LogP contribution in [0, 0.1) is 0 Å². The van der Waals surface area contributed by atoms with Gasteiger partial charge in [0.25, 0.3) is 5.91 Å². The number of nitrogens with zero attached hydrogens (tertiary/aromatic N) is 1. The van der Waals surface area contributed by atoms with Gasteiger partial charge >= 0.3 is 0 Å². The van der Waals surface area contributed by atoms with Crippen LogP contribution in [0.15, 0.2) is 42.5 Å². The lowest BCUT2D eigenvalue weighted by molar-refractivity contribution is 0.0705. The molecule has 2 aromatic rings. The second-order valence-corrected chi connectivity index (χ2v) is 6.21. The molecular weight excluding hydrogens is 352 g/mol. The van der Waals surface area contributed by atoms with E-state index in [1.54, 1.807) is 24.7 Å². The second kappa shape index (κ2) is 8.93. The predicted molar refractivity (Wildman–Crippen MR) is 103 cm³/mol. The quantitative estimate of drug-likeness (QED) is 0.634. The highest BCUT2D eigenvalue weighted by Gasteiger charge is 2.21. The smallest absolute Gasteiger partial charge is 0.274 e. The van der Waals surface area contributed by atoms with E-state index in [-0.39, 0.29) is 19.6 Å². The Morgan fingerprint density at radius 1 is 1.31 bits per heavy atom. The second-order valence-electron chi connectivity index (χ2n) is 6.21. The standard InChI is InChI=1S/C19H22N2O4.H2S/c1-13-10-21(11-14-3-7-17(24-2)8-4-14)12-16-6-5-15(19(22)20-23)9-18(16)25-13;/h3-9,13,23H,10-12H2,1-2H3,(H,20,22);1H2/t13-;/m0./s1. The molecule has 1 amide bonds. The van der Waals surface area contributed by atoms with Crippen molar-refractivity contribution in [1.29, 1.82) is 0 Å². The highest BCUT2D eigenvalue weighted by Crippen LogP contribution is 2.27. The van der Waals surface area contributed by atoms with Crippen molar-refractivity contribution < 1.29 is 19.5 Å². The van der Waals surface area contributed by atoms with Gasteiger partial charge in [0, 0.05) is 30.8 Å². The van der Waals surface area contributed by atoms with Crippen LogP contribution in [-0.4, -0.2) is 35.8 Å². The third-order valence-corrected chi connectivity index (χ3v) is 4.23. The van der Waals surface area contributed by atoms with Gasteiger partial charge in [-0.3, -0.25) is 14.9 Å². The molecule has 1 atom stereocenters. The predicted octanol–water partition coefficient (Wildman–Crippen LogP) is 2.71. The number of benzene rings is 2. The molecule has 7 heteroatoms. The summed E-state index contributed by atoms with van der Waals surface area (Å²) in [7, 11) is 1.66. The van der Waals surface area contributed by atoms with Crippen molar-refractivity contribution in [3.05, 3.63) is 59.2 Å². The van der Waals surface area contributed by atoms with E-state index in [2.05, 4.69) is 17.0 Å². The first kappa shape index (κ1) is 20.1. The maximum atomic E-state index is 11.6. The van der Waals surface area contributed by atoms with Crippen molar-refractivity contribution in [3.8, 4) is 11.5 Å². The van der Waals surface area contributed by atoms with E-state index in [0.29, 0.717) is 11.3 Å². The third kappa shape index (κ3) is 4.69. The number of hydroxylamine groups is 1. The van der Waals surface area contributed by atoms with Crippen LogP contribution in [0.5, 0.6) is 11.5 Å². The molecule has 0 unspecified atom stereocenters. The van der Waals surface area contributed by atoms with Crippen LogP contribution in [0.25, 0.3) is 0 Å². The number of hydrogen-bond donors (Lipinski definition) is 2. The molecule has 1 heterocycles. The lowest BCUT2D eigenvalue weighted by Crippen LogP contribution is -2.30. The zero-order valence-electron chi connectivity index (χ0n) is 14.9. The molecule has 3 rings (SSSR count). The van der Waals surface area contributed by atoms with E-state index in [1.165, 1.54) is 5.56 Å². The molecule has 0 spiro atoms. The average molecular weight is 376 g/mol. The topological polar surface area (TPSA) is 71.0 Å². The molecule has 0 fully saturated rings. The van der Waals surface area contributed by atoms with E-state index in [0.717, 1.165) is 30.9 Å². The summed E-state index contributed by atoms with van der Waals surface area (Å²) in [5, 5.41) is 8.79. The van der Waals surface area contributed by atoms with Gasteiger partial charge in [0.2, 0.25) is 0 Å². The Kier molecular flexibility index (Phi) is 6.90. The van der Waals surface area contributed by atoms with Gasteiger partial charge in [-0.05, 0) is 36.8 Å². The van der Waals surface area contributed by atoms with Gasteiger partial charge in [0.05, 0.1) is 7.11 Å². The summed E-state index contributed by atoms with van der Waals surface area (Å²) in [5.74, 6) is 0.987. The fraction of sp³-hybridized carbons (Fsp3) is 0.316. The fourth-order valence-electron chi connectivity index (χ4n) is 3.03. The van der Waals surface area contributed by atoms with Crippen LogP contribution in [0.1, 0.15) is 28.4 Å². The van der Waals surface area contributed by atoms with Crippen LogP contribution < -0.4 is 15.0 Å². The average Bonchev–Trinajstić information content (AvgIpc) is 2.78. The van der Waals surface area contributed by atoms with Crippen molar-refractivity contribution in [3.63, 3.8) is 0 Å². The van der Waals surface area contributed by atoms with Crippen LogP contribution in [0.2, 0.25) is 0 Å². The SMILES string of the molecule is COc1ccc(CN2Cc3ccc(C(=O)NO)cc3O[C@@H](C)C2)cc1.S. The van der Waals surface area contributed by atoms with Gasteiger partial charge in [-0.2, -0.15) is 13.5 Å². The molecule has 0 saturated carbocycles. The van der Waals surface area contributed by atoms with E-state index in [9.17, 15) is 4.79 Å². The number of methoxy groups -OCH3 is 1. The number of amides is 1. The summed E-state index contributed by atoms with van der Waals surface area (Å²) >= 11 is 0. The molecule has 0 aromatic heterocycles. The van der Waals surface area contributed by atoms with E-state index in [4.69, 9.17) is 14.7 Å². The van der Waals surface area contributed by atoms with Gasteiger partial charge in [-0.15, -0.1) is 0 Å². The molecule has 0 saturated heterocycles. The zero-order valence-corrected chi connectivity index (χ0v) is 15.9. The van der Waals surface area contributed by atoms with E-state index in [1.807, 2.05) is 25.1 Å². The Hall–Kier alpha value is -2.22. The van der Waals surface area contributed by atoms with Gasteiger partial charge in [-0.25, -0.2) is 5.48 Å². The Morgan fingerprint density at radius 2 is 2.04 bits per heavy atom. The van der Waals surface area contributed by atoms with Gasteiger partial charge in [0.1, 0.15) is 17.6 Å². The van der Waals surface area contributed by atoms with E-state index < -0.39 is 5.91 Å². The minimum Gasteiger partial charge on any atom is -0.497 e. The molecule has 2 aromatic carbocycles. The monoisotopic (exact) mass is 376 g/mol. The molecule has 1 aliphatic heterocycles. The summed E-state index contributed by atoms with van der Waals surface area (Å²) in [6.45, 7) is 4.32. The van der Waals surface area contributed by atoms with Crippen LogP contribution >= 0.6 is 13.5 Å². The number of fused-ring (bicyclic) bond motifs is 1. The van der Waals surface area contributed by atoms with Gasteiger partial charge in [0.15, 0.2) is 0 Å². The Labute approximate surface area is 160 Å². The maximum absolute atomic E-state index is 11.6. The van der Waals surface area contributed by atoms with Crippen LogP contribution in [-0.2, 0) is 13.1 Å². The first-order chi connectivity index (χ1) is 12.1. The minimum atomic E-state index is -0.543. The first-order valence-electron chi connectivity index (χ1n) is 8.18. The lowest BCUT2D eigenvalue weighted by atomic mass is 10.1. The Balaban J connectivity index is 0.00000243. The summed E-state index contributed by atoms with van der Waals surface area (Å²) in [4.78, 5) is 13.9. The number of rotatable bonds is 4. The highest BCUT2D eigenvalue weighted by atomic mass is 32.1. The molecule has 6 nitrogen and oxygen atoms in total. The molecule has 1 aliphatic rings. The molecule has 26 heavy (non-hydrogen) atoms. The maximum Gasteiger partial charge on any atom is 0.274 e. The van der Waals surface area contributed by atoms with Crippen molar-refractivity contribution in [2.75, 3.05) is 13.7 Å². The highest BCUT2D eigenvalue weighted by molar-refractivity contribution is 7.59. The number of hydrogen-bond acceptors (Lipinski definition) is 5. The largest absolute Gasteiger partial charge is 0.497 e. The molecule has 0 radical (unpaired) electrons. The van der Waals surface area contributed by atoms with Crippen molar-refractivity contribution in [2.24, 2.45) is 0 Å². The molecule has 140 valence electrons. The summed E-state index contributed by atoms with van der Waals surface area (Å²) in [6, 6.07) is 13.3. The molecule has 0 bridgehead atoms. The number of carbonyl (C=O) groups is 1. The number of carbonyl (C=O) groups excluding carboxylic acids is 1. The Morgan fingerprint density at radius 3 is 2.69 bits per heavy atom. The molecule has 0 aliphatic carbocycles. The Bertz CT molecular complexity index is 752. The summed E-state index contributed by atoms with van der Waals surface area (Å²) < 4.78 is 11.2. The van der Waals surface area contributed by atoms with Gasteiger partial charge in [-0.1, -0.05) is 18.2 Å². The van der Waals surface area contributed by atoms with Crippen molar-refractivity contribution in [2.45, 2.75) is 26.1 Å². The first-order valence-corrected chi connectivity index (χ1v) is 8.18. The van der Waals surface area contributed by atoms with Crippen molar-refractivity contribution >= 4 is 19.4 Å². The summed E-state index contributed by atoms with van der Waals surface area (Å²) in [6.07, 6.45) is -0.00747. The molecular formula is C19H24N2O4S. The van der Waals surface area contributed by atoms with E-state index >= 15 is 0 Å². The molecule has 2 N–H and O–H groups in total. The van der Waals surface area contributed by atoms with Crippen LogP contribution in [0.4, 0.5) is 0 Å². The zero-order chi connectivity index (χ0) is 17.8. The minimum absolute atomic E-state index is 0. The van der Waals surface area contributed by atoms with Crippen molar-refractivity contribution in [1.82, 2.24) is 10.4 Å². The third-order valence-electron chi connectivity index (χ3n) is 4.23. The number of ether oxygens (including phenoxy) is 2. The van der Waals surface area contributed by atoms with Gasteiger partial charge < -0.3 is 9.47 Å². The number of nitrogens with one attached hydrogen (secondary N) is 1. The normalized spacial score (nSPS) is 16.5.